The summed E-state index contributed by atoms with van der Waals surface area (Å²) in [6.45, 7) is 0. The molecule has 0 aromatic heterocycles. The number of anilines is 2. The number of carbonyl (C=O) groups is 2. The van der Waals surface area contributed by atoms with Crippen molar-refractivity contribution in [1.29, 1.82) is 0 Å². The van der Waals surface area contributed by atoms with Crippen LogP contribution < -0.4 is 20.1 Å². The average molecular weight is 473 g/mol. The Bertz CT molecular complexity index is 1330. The van der Waals surface area contributed by atoms with E-state index in [0.717, 1.165) is 21.4 Å². The molecule has 4 rings (SSSR count). The highest BCUT2D eigenvalue weighted by molar-refractivity contribution is 8.00. The Morgan fingerprint density at radius 2 is 1.56 bits per heavy atom. The average Bonchev–Trinajstić information content (AvgIpc) is 2.87. The Kier molecular flexibility index (Phi) is 7.34. The van der Waals surface area contributed by atoms with Gasteiger partial charge in [-0.05, 0) is 47.9 Å². The van der Waals surface area contributed by atoms with Crippen LogP contribution in [0.5, 0.6) is 11.5 Å². The maximum absolute atomic E-state index is 12.7. The fraction of sp³-hybridized carbons (Fsp3) is 0.111. The number of hydrogen-bond acceptors (Lipinski definition) is 5. The van der Waals surface area contributed by atoms with Gasteiger partial charge in [0.05, 0.1) is 20.0 Å². The summed E-state index contributed by atoms with van der Waals surface area (Å²) in [6, 6.07) is 26.2. The molecule has 0 spiro atoms. The molecule has 172 valence electrons. The van der Waals surface area contributed by atoms with Crippen molar-refractivity contribution in [2.75, 3.05) is 30.6 Å². The van der Waals surface area contributed by atoms with E-state index in [1.165, 1.54) is 18.9 Å². The molecule has 0 radical (unpaired) electrons. The largest absolute Gasteiger partial charge is 0.493 e. The summed E-state index contributed by atoms with van der Waals surface area (Å²) in [6.07, 6.45) is 0. The van der Waals surface area contributed by atoms with E-state index in [2.05, 4.69) is 10.6 Å². The molecule has 7 heteroatoms. The van der Waals surface area contributed by atoms with Gasteiger partial charge in [0.15, 0.2) is 11.5 Å². The highest BCUT2D eigenvalue weighted by Crippen LogP contribution is 2.29. The Labute approximate surface area is 202 Å². The Balaban J connectivity index is 1.38. The van der Waals surface area contributed by atoms with Crippen LogP contribution in [0.25, 0.3) is 10.8 Å². The minimum Gasteiger partial charge on any atom is -0.493 e. The Morgan fingerprint density at radius 1 is 0.794 bits per heavy atom. The minimum atomic E-state index is -0.267. The maximum atomic E-state index is 12.7. The van der Waals surface area contributed by atoms with Crippen LogP contribution in [-0.4, -0.2) is 31.8 Å². The number of carbonyl (C=O) groups excluding carboxylic acids is 2. The molecule has 0 fully saturated rings. The first-order chi connectivity index (χ1) is 16.6. The molecule has 0 saturated heterocycles. The van der Waals surface area contributed by atoms with Gasteiger partial charge in [-0.25, -0.2) is 0 Å². The predicted molar refractivity (Wildman–Crippen MR) is 137 cm³/mol. The number of ether oxygens (including phenoxy) is 2. The molecule has 0 aliphatic carbocycles. The van der Waals surface area contributed by atoms with Gasteiger partial charge in [0.25, 0.3) is 5.91 Å². The van der Waals surface area contributed by atoms with Crippen LogP contribution in [0.15, 0.2) is 89.8 Å². The van der Waals surface area contributed by atoms with E-state index in [-0.39, 0.29) is 17.6 Å². The van der Waals surface area contributed by atoms with Gasteiger partial charge in [-0.1, -0.05) is 42.5 Å². The third kappa shape index (κ3) is 5.50. The van der Waals surface area contributed by atoms with E-state index in [4.69, 9.17) is 9.47 Å². The van der Waals surface area contributed by atoms with E-state index in [1.807, 2.05) is 60.7 Å². The van der Waals surface area contributed by atoms with Crippen LogP contribution in [0.1, 0.15) is 10.4 Å². The molecule has 0 saturated carbocycles. The highest BCUT2D eigenvalue weighted by atomic mass is 32.2. The smallest absolute Gasteiger partial charge is 0.255 e. The van der Waals surface area contributed by atoms with Crippen molar-refractivity contribution in [3.05, 3.63) is 90.5 Å². The van der Waals surface area contributed by atoms with Crippen LogP contribution in [0.3, 0.4) is 0 Å². The van der Waals surface area contributed by atoms with E-state index >= 15 is 0 Å². The van der Waals surface area contributed by atoms with E-state index in [1.54, 1.807) is 31.4 Å². The van der Waals surface area contributed by atoms with Gasteiger partial charge in [-0.3, -0.25) is 9.59 Å². The first-order valence-corrected chi connectivity index (χ1v) is 11.6. The van der Waals surface area contributed by atoms with Crippen LogP contribution >= 0.6 is 11.8 Å². The standard InChI is InChI=1S/C27H24N2O4S/c1-32-24-14-13-19(15-25(24)33-2)27(31)28-20-9-6-10-21(16-20)34-17-26(30)29-23-12-5-8-18-7-3-4-11-22(18)23/h3-16H,17H2,1-2H3,(H,28,31)(H,29,30). The highest BCUT2D eigenvalue weighted by Gasteiger charge is 2.12. The van der Waals surface area contributed by atoms with Crippen molar-refractivity contribution >= 4 is 45.7 Å². The Hall–Kier alpha value is -3.97. The number of amides is 2. The fourth-order valence-electron chi connectivity index (χ4n) is 3.51. The normalized spacial score (nSPS) is 10.5. The van der Waals surface area contributed by atoms with Gasteiger partial charge in [-0.15, -0.1) is 11.8 Å². The summed E-state index contributed by atoms with van der Waals surface area (Å²) < 4.78 is 10.5. The molecule has 6 nitrogen and oxygen atoms in total. The van der Waals surface area contributed by atoms with Crippen LogP contribution in [-0.2, 0) is 4.79 Å². The van der Waals surface area contributed by atoms with Crippen molar-refractivity contribution in [3.8, 4) is 11.5 Å². The molecule has 2 amide bonds. The fourth-order valence-corrected chi connectivity index (χ4v) is 4.27. The molecule has 0 aliphatic heterocycles. The van der Waals surface area contributed by atoms with Crippen molar-refractivity contribution < 1.29 is 19.1 Å². The van der Waals surface area contributed by atoms with Gasteiger partial charge in [0.1, 0.15) is 0 Å². The van der Waals surface area contributed by atoms with Gasteiger partial charge in [0, 0.05) is 27.2 Å². The SMILES string of the molecule is COc1ccc(C(=O)Nc2cccc(SCC(=O)Nc3cccc4ccccc34)c2)cc1OC. The molecular weight excluding hydrogens is 448 g/mol. The number of methoxy groups -OCH3 is 2. The summed E-state index contributed by atoms with van der Waals surface area (Å²) in [5, 5.41) is 7.96. The van der Waals surface area contributed by atoms with Gasteiger partial charge >= 0.3 is 0 Å². The molecule has 0 atom stereocenters. The first-order valence-electron chi connectivity index (χ1n) is 10.6. The summed E-state index contributed by atoms with van der Waals surface area (Å²) >= 11 is 1.40. The lowest BCUT2D eigenvalue weighted by atomic mass is 10.1. The zero-order valence-electron chi connectivity index (χ0n) is 18.8. The second-order valence-corrected chi connectivity index (χ2v) is 8.46. The number of hydrogen-bond donors (Lipinski definition) is 2. The number of nitrogens with one attached hydrogen (secondary N) is 2. The third-order valence-corrected chi connectivity index (χ3v) is 6.17. The molecule has 4 aromatic rings. The predicted octanol–water partition coefficient (Wildman–Crippen LogP) is 5.84. The quantitative estimate of drug-likeness (QED) is 0.315. The lowest BCUT2D eigenvalue weighted by molar-refractivity contribution is -0.113. The van der Waals surface area contributed by atoms with Crippen LogP contribution in [0, 0.1) is 0 Å². The number of fused-ring (bicyclic) bond motifs is 1. The second-order valence-electron chi connectivity index (χ2n) is 7.42. The summed E-state index contributed by atoms with van der Waals surface area (Å²) in [5.74, 6) is 0.921. The topological polar surface area (TPSA) is 76.7 Å². The van der Waals surface area contributed by atoms with Gasteiger partial charge in [-0.2, -0.15) is 0 Å². The lowest BCUT2D eigenvalue weighted by Gasteiger charge is -2.11. The molecule has 0 heterocycles. The molecule has 0 bridgehead atoms. The number of benzene rings is 4. The van der Waals surface area contributed by atoms with Gasteiger partial charge < -0.3 is 20.1 Å². The minimum absolute atomic E-state index is 0.0962. The molecule has 4 aromatic carbocycles. The zero-order valence-corrected chi connectivity index (χ0v) is 19.6. The van der Waals surface area contributed by atoms with Crippen LogP contribution in [0.4, 0.5) is 11.4 Å². The summed E-state index contributed by atoms with van der Waals surface area (Å²) in [5.41, 5.74) is 1.88. The zero-order chi connectivity index (χ0) is 23.9. The van der Waals surface area contributed by atoms with E-state index in [9.17, 15) is 9.59 Å². The lowest BCUT2D eigenvalue weighted by Crippen LogP contribution is -2.14. The molecule has 0 unspecified atom stereocenters. The Morgan fingerprint density at radius 3 is 2.38 bits per heavy atom. The molecule has 2 N–H and O–H groups in total. The van der Waals surface area contributed by atoms with Crippen LogP contribution in [0.2, 0.25) is 0 Å². The van der Waals surface area contributed by atoms with Crippen molar-refractivity contribution in [2.24, 2.45) is 0 Å². The monoisotopic (exact) mass is 472 g/mol. The second kappa shape index (κ2) is 10.8. The summed E-state index contributed by atoms with van der Waals surface area (Å²) in [4.78, 5) is 26.1. The van der Waals surface area contributed by atoms with Crippen molar-refractivity contribution in [1.82, 2.24) is 0 Å². The molecular formula is C27H24N2O4S. The van der Waals surface area contributed by atoms with E-state index in [0.29, 0.717) is 22.7 Å². The van der Waals surface area contributed by atoms with Gasteiger partial charge in [0.2, 0.25) is 5.91 Å². The van der Waals surface area contributed by atoms with Crippen molar-refractivity contribution in [2.45, 2.75) is 4.90 Å². The number of rotatable bonds is 8. The maximum Gasteiger partial charge on any atom is 0.255 e. The third-order valence-electron chi connectivity index (χ3n) is 5.17. The van der Waals surface area contributed by atoms with Crippen molar-refractivity contribution in [3.63, 3.8) is 0 Å². The van der Waals surface area contributed by atoms with E-state index < -0.39 is 0 Å². The summed E-state index contributed by atoms with van der Waals surface area (Å²) in [7, 11) is 3.07. The molecule has 0 aliphatic rings. The first kappa shape index (κ1) is 23.2. The number of thioether (sulfide) groups is 1. The molecule has 34 heavy (non-hydrogen) atoms.